The minimum atomic E-state index is -4.92. The van der Waals surface area contributed by atoms with Gasteiger partial charge in [0.05, 0.1) is 0 Å². The molecule has 0 aromatic heterocycles. The number of rotatable bonds is 0. The minimum absolute atomic E-state index is 0. The summed E-state index contributed by atoms with van der Waals surface area (Å²) in [5.41, 5.74) is 2.67. The molecule has 0 bridgehead atoms. The molecule has 0 aliphatic heterocycles. The molecule has 70 valence electrons. The first kappa shape index (κ1) is 18.5. The van der Waals surface area contributed by atoms with E-state index in [9.17, 15) is 0 Å². The van der Waals surface area contributed by atoms with Gasteiger partial charge in [0, 0.05) is 5.54 Å². The summed E-state index contributed by atoms with van der Waals surface area (Å²) in [5, 5.41) is 0. The number of nitrogens with one attached hydrogen (secondary N) is 1. The monoisotopic (exact) mass is 208 g/mol. The van der Waals surface area contributed by atoms with E-state index in [0.29, 0.717) is 0 Å². The van der Waals surface area contributed by atoms with Crippen LogP contribution < -0.4 is 40.8 Å². The third-order valence-corrected chi connectivity index (χ3v) is 0.433. The summed E-state index contributed by atoms with van der Waals surface area (Å²) in [5.74, 6) is 5.06. The van der Waals surface area contributed by atoms with Crippen LogP contribution in [0.25, 0.3) is 0 Å². The molecular weight excluding hydrogens is 195 g/mol. The summed E-state index contributed by atoms with van der Waals surface area (Å²) >= 11 is 0. The zero-order valence-corrected chi connectivity index (χ0v) is 10.5. The van der Waals surface area contributed by atoms with Gasteiger partial charge < -0.3 is 4.55 Å². The van der Waals surface area contributed by atoms with Crippen molar-refractivity contribution in [3.63, 3.8) is 0 Å². The van der Waals surface area contributed by atoms with Crippen LogP contribution in [0.1, 0.15) is 20.8 Å². The molecule has 0 heterocycles. The predicted octanol–water partition coefficient (Wildman–Crippen LogP) is -3.74. The molecule has 12 heavy (non-hydrogen) atoms. The molecule has 0 atom stereocenters. The van der Waals surface area contributed by atoms with E-state index in [0.717, 1.165) is 0 Å². The van der Waals surface area contributed by atoms with Gasteiger partial charge in [-0.3, -0.25) is 15.8 Å². The van der Waals surface area contributed by atoms with E-state index in [1.807, 2.05) is 20.8 Å². The molecule has 0 aromatic carbocycles. The normalized spacial score (nSPS) is 10.8. The standard InChI is InChI=1S/C4H12N2.Na.H2O4S/c1-4(2,3)6-5;;1-5(2,3)4/h6H,5H2,1-3H3;;(H2,1,2,3,4)/q;+1;/p-1. The fraction of sp³-hybridized carbons (Fsp3) is 1.00. The van der Waals surface area contributed by atoms with Gasteiger partial charge in [0.2, 0.25) is 10.4 Å². The Morgan fingerprint density at radius 2 is 1.50 bits per heavy atom. The van der Waals surface area contributed by atoms with E-state index >= 15 is 0 Å². The predicted molar refractivity (Wildman–Crippen MR) is 39.4 cm³/mol. The first-order chi connectivity index (χ1) is 4.56. The molecule has 8 heteroatoms. The number of nitrogens with two attached hydrogens (primary N) is 1. The van der Waals surface area contributed by atoms with Crippen LogP contribution in [0.5, 0.6) is 0 Å². The second-order valence-corrected chi connectivity index (χ2v) is 3.68. The molecule has 0 rings (SSSR count). The molecule has 6 nitrogen and oxygen atoms in total. The fourth-order valence-corrected chi connectivity index (χ4v) is 0. The summed E-state index contributed by atoms with van der Waals surface area (Å²) in [4.78, 5) is 0. The zero-order valence-electron chi connectivity index (χ0n) is 7.66. The van der Waals surface area contributed by atoms with Crippen LogP contribution in [-0.4, -0.2) is 23.1 Å². The summed E-state index contributed by atoms with van der Waals surface area (Å²) in [6.45, 7) is 6.02. The van der Waals surface area contributed by atoms with Gasteiger partial charge in [0.15, 0.2) is 0 Å². The summed E-state index contributed by atoms with van der Waals surface area (Å²) in [6, 6.07) is 0. The van der Waals surface area contributed by atoms with Crippen LogP contribution in [0.4, 0.5) is 0 Å². The molecule has 0 aliphatic rings. The molecule has 0 aromatic rings. The Kier molecular flexibility index (Phi) is 11.2. The molecule has 0 amide bonds. The molecule has 0 unspecified atom stereocenters. The van der Waals surface area contributed by atoms with Crippen molar-refractivity contribution in [2.75, 3.05) is 0 Å². The largest absolute Gasteiger partial charge is 1.00 e. The Balaban J connectivity index is -0.000000126. The summed E-state index contributed by atoms with van der Waals surface area (Å²) < 4.78 is 32.8. The fourth-order valence-electron chi connectivity index (χ4n) is 0. The molecule has 0 saturated carbocycles. The van der Waals surface area contributed by atoms with Gasteiger partial charge in [-0.05, 0) is 20.8 Å². The van der Waals surface area contributed by atoms with Crippen LogP contribution in [0.3, 0.4) is 0 Å². The molecule has 0 saturated heterocycles. The van der Waals surface area contributed by atoms with Crippen molar-refractivity contribution < 1.29 is 47.1 Å². The van der Waals surface area contributed by atoms with Crippen molar-refractivity contribution in [2.24, 2.45) is 5.84 Å². The van der Waals surface area contributed by atoms with Crippen LogP contribution in [0, 0.1) is 0 Å². The zero-order chi connectivity index (χ0) is 9.71. The third-order valence-electron chi connectivity index (χ3n) is 0.433. The quantitative estimate of drug-likeness (QED) is 0.124. The first-order valence-electron chi connectivity index (χ1n) is 2.72. The van der Waals surface area contributed by atoms with E-state index in [-0.39, 0.29) is 35.1 Å². The van der Waals surface area contributed by atoms with Gasteiger partial charge in [-0.1, -0.05) is 0 Å². The maximum absolute atomic E-state index is 8.63. The summed E-state index contributed by atoms with van der Waals surface area (Å²) in [6.07, 6.45) is 0. The molecule has 0 radical (unpaired) electrons. The Hall–Kier alpha value is 0.790. The molecule has 4 N–H and O–H groups in total. The van der Waals surface area contributed by atoms with Gasteiger partial charge >= 0.3 is 29.6 Å². The Bertz CT molecular complexity index is 178. The topological polar surface area (TPSA) is 115 Å². The number of hydrogen-bond acceptors (Lipinski definition) is 5. The molecular formula is C4H13N2NaO4S. The van der Waals surface area contributed by atoms with E-state index in [4.69, 9.17) is 23.4 Å². The van der Waals surface area contributed by atoms with E-state index in [1.54, 1.807) is 0 Å². The van der Waals surface area contributed by atoms with Crippen LogP contribution in [0.15, 0.2) is 0 Å². The second kappa shape index (κ2) is 7.22. The minimum Gasteiger partial charge on any atom is -0.726 e. The number of hydrazine groups is 1. The van der Waals surface area contributed by atoms with Gasteiger partial charge in [-0.25, -0.2) is 8.42 Å². The molecule has 0 spiro atoms. The van der Waals surface area contributed by atoms with Crippen LogP contribution in [0.2, 0.25) is 0 Å². The average molecular weight is 208 g/mol. The molecule has 0 aliphatic carbocycles. The smallest absolute Gasteiger partial charge is 0.726 e. The van der Waals surface area contributed by atoms with Gasteiger partial charge in [0.1, 0.15) is 0 Å². The van der Waals surface area contributed by atoms with Crippen molar-refractivity contribution in [3.05, 3.63) is 0 Å². The Morgan fingerprint density at radius 3 is 1.50 bits per heavy atom. The summed E-state index contributed by atoms with van der Waals surface area (Å²) in [7, 11) is -4.92. The van der Waals surface area contributed by atoms with Gasteiger partial charge in [0.25, 0.3) is 0 Å². The van der Waals surface area contributed by atoms with Crippen LogP contribution >= 0.6 is 0 Å². The van der Waals surface area contributed by atoms with Crippen molar-refractivity contribution in [2.45, 2.75) is 26.3 Å². The van der Waals surface area contributed by atoms with Crippen molar-refractivity contribution in [3.8, 4) is 0 Å². The Labute approximate surface area is 94.7 Å². The first-order valence-corrected chi connectivity index (χ1v) is 4.09. The van der Waals surface area contributed by atoms with Gasteiger partial charge in [-0.15, -0.1) is 0 Å². The van der Waals surface area contributed by atoms with E-state index in [2.05, 4.69) is 5.43 Å². The van der Waals surface area contributed by atoms with Gasteiger partial charge in [-0.2, -0.15) is 0 Å². The molecule has 0 fully saturated rings. The van der Waals surface area contributed by atoms with Crippen molar-refractivity contribution >= 4 is 10.4 Å². The Morgan fingerprint density at radius 1 is 1.42 bits per heavy atom. The maximum Gasteiger partial charge on any atom is 1.00 e. The SMILES string of the molecule is CC(C)(C)NN.O=S(=O)([O-])O.[Na+]. The second-order valence-electron chi connectivity index (χ2n) is 2.82. The third kappa shape index (κ3) is 72.0. The maximum atomic E-state index is 8.63. The average Bonchev–Trinajstić information content (AvgIpc) is 1.59. The van der Waals surface area contributed by atoms with E-state index in [1.165, 1.54) is 0 Å². The van der Waals surface area contributed by atoms with E-state index < -0.39 is 10.4 Å². The van der Waals surface area contributed by atoms with Crippen LogP contribution in [-0.2, 0) is 10.4 Å². The van der Waals surface area contributed by atoms with Crippen molar-refractivity contribution in [1.29, 1.82) is 0 Å². The van der Waals surface area contributed by atoms with Crippen molar-refractivity contribution in [1.82, 2.24) is 5.43 Å². The number of hydrogen-bond donors (Lipinski definition) is 3.